The summed E-state index contributed by atoms with van der Waals surface area (Å²) in [6.45, 7) is 0.0166. The maximum atomic E-state index is 13.5. The molecule has 0 saturated carbocycles. The molecule has 0 aliphatic rings. The van der Waals surface area contributed by atoms with Gasteiger partial charge in [-0.05, 0) is 19.0 Å². The molecule has 1 aromatic rings. The van der Waals surface area contributed by atoms with Gasteiger partial charge in [0.25, 0.3) is 0 Å². The summed E-state index contributed by atoms with van der Waals surface area (Å²) < 4.78 is 26.7. The van der Waals surface area contributed by atoms with Crippen molar-refractivity contribution in [3.8, 4) is 0 Å². The zero-order valence-corrected chi connectivity index (χ0v) is 8.19. The number of aliphatic hydroxyl groups excluding tert-OH is 1. The average molecular weight is 232 g/mol. The standard InChI is InChI=1S/C9H10F2N2O3/c10-5-1-2-6(13(15)16)9(11)8(5)7(14)3-4-12/h1-2,7,14H,3-4,12H2. The van der Waals surface area contributed by atoms with Crippen LogP contribution in [0.3, 0.4) is 0 Å². The normalized spacial score (nSPS) is 12.5. The van der Waals surface area contributed by atoms with Crippen LogP contribution in [0.2, 0.25) is 0 Å². The van der Waals surface area contributed by atoms with Crippen molar-refractivity contribution in [2.45, 2.75) is 12.5 Å². The topological polar surface area (TPSA) is 89.4 Å². The van der Waals surface area contributed by atoms with Gasteiger partial charge in [-0.1, -0.05) is 0 Å². The Labute approximate surface area is 89.6 Å². The largest absolute Gasteiger partial charge is 0.388 e. The van der Waals surface area contributed by atoms with Crippen molar-refractivity contribution in [1.82, 2.24) is 0 Å². The second kappa shape index (κ2) is 4.95. The first-order chi connectivity index (χ1) is 7.49. The molecule has 0 aliphatic carbocycles. The van der Waals surface area contributed by atoms with Crippen LogP contribution in [0.15, 0.2) is 12.1 Å². The summed E-state index contributed by atoms with van der Waals surface area (Å²) >= 11 is 0. The van der Waals surface area contributed by atoms with Gasteiger partial charge in [0.1, 0.15) is 5.82 Å². The minimum atomic E-state index is -1.48. The summed E-state index contributed by atoms with van der Waals surface area (Å²) in [4.78, 5) is 9.42. The summed E-state index contributed by atoms with van der Waals surface area (Å²) in [5.41, 5.74) is 3.55. The van der Waals surface area contributed by atoms with Crippen LogP contribution in [0.25, 0.3) is 0 Å². The van der Waals surface area contributed by atoms with Gasteiger partial charge in [0, 0.05) is 6.07 Å². The molecule has 0 amide bonds. The van der Waals surface area contributed by atoms with Crippen LogP contribution in [0.4, 0.5) is 14.5 Å². The Hall–Kier alpha value is -1.60. The predicted octanol–water partition coefficient (Wildman–Crippen LogP) is 1.26. The number of aliphatic hydroxyl groups is 1. The average Bonchev–Trinajstić information content (AvgIpc) is 2.17. The quantitative estimate of drug-likeness (QED) is 0.604. The lowest BCUT2D eigenvalue weighted by atomic mass is 10.0. The minimum absolute atomic E-state index is 0.0166. The second-order valence-electron chi connectivity index (χ2n) is 3.14. The highest BCUT2D eigenvalue weighted by molar-refractivity contribution is 5.38. The van der Waals surface area contributed by atoms with Crippen LogP contribution < -0.4 is 5.73 Å². The summed E-state index contributed by atoms with van der Waals surface area (Å²) in [5, 5.41) is 19.8. The number of halogens is 2. The fourth-order valence-corrected chi connectivity index (χ4v) is 1.31. The van der Waals surface area contributed by atoms with Crippen molar-refractivity contribution < 1.29 is 18.8 Å². The predicted molar refractivity (Wildman–Crippen MR) is 51.6 cm³/mol. The first-order valence-corrected chi connectivity index (χ1v) is 4.49. The van der Waals surface area contributed by atoms with Gasteiger partial charge in [0.05, 0.1) is 16.6 Å². The lowest BCUT2D eigenvalue weighted by Crippen LogP contribution is -2.11. The van der Waals surface area contributed by atoms with Gasteiger partial charge in [-0.3, -0.25) is 10.1 Å². The SMILES string of the molecule is NCCC(O)c1c(F)ccc([N+](=O)[O-])c1F. The zero-order valence-electron chi connectivity index (χ0n) is 8.19. The van der Waals surface area contributed by atoms with Crippen molar-refractivity contribution >= 4 is 5.69 Å². The monoisotopic (exact) mass is 232 g/mol. The Morgan fingerprint density at radius 1 is 1.50 bits per heavy atom. The van der Waals surface area contributed by atoms with Gasteiger partial charge in [0.2, 0.25) is 5.82 Å². The summed E-state index contributed by atoms with van der Waals surface area (Å²) in [6, 6.07) is 1.46. The molecule has 3 N–H and O–H groups in total. The van der Waals surface area contributed by atoms with Gasteiger partial charge < -0.3 is 10.8 Å². The molecule has 5 nitrogen and oxygen atoms in total. The van der Waals surface area contributed by atoms with Gasteiger partial charge in [-0.2, -0.15) is 4.39 Å². The van der Waals surface area contributed by atoms with E-state index in [0.29, 0.717) is 6.07 Å². The number of nitrogens with two attached hydrogens (primary N) is 1. The van der Waals surface area contributed by atoms with Crippen molar-refractivity contribution in [1.29, 1.82) is 0 Å². The van der Waals surface area contributed by atoms with Gasteiger partial charge in [-0.15, -0.1) is 0 Å². The number of nitro benzene ring substituents is 1. The molecule has 7 heteroatoms. The van der Waals surface area contributed by atoms with E-state index in [9.17, 15) is 24.0 Å². The molecule has 0 aromatic heterocycles. The smallest absolute Gasteiger partial charge is 0.305 e. The minimum Gasteiger partial charge on any atom is -0.388 e. The van der Waals surface area contributed by atoms with Crippen molar-refractivity contribution in [3.63, 3.8) is 0 Å². The first-order valence-electron chi connectivity index (χ1n) is 4.49. The van der Waals surface area contributed by atoms with Crippen molar-refractivity contribution in [2.24, 2.45) is 5.73 Å². The van der Waals surface area contributed by atoms with Crippen molar-refractivity contribution in [2.75, 3.05) is 6.54 Å². The molecule has 0 radical (unpaired) electrons. The third kappa shape index (κ3) is 2.31. The zero-order chi connectivity index (χ0) is 12.3. The van der Waals surface area contributed by atoms with Crippen LogP contribution in [0.5, 0.6) is 0 Å². The Morgan fingerprint density at radius 3 is 2.62 bits per heavy atom. The summed E-state index contributed by atoms with van der Waals surface area (Å²) in [6.07, 6.45) is -1.56. The van der Waals surface area contributed by atoms with E-state index < -0.39 is 33.9 Å². The molecular formula is C9H10F2N2O3. The third-order valence-corrected chi connectivity index (χ3v) is 2.08. The molecule has 1 aromatic carbocycles. The van der Waals surface area contributed by atoms with Gasteiger partial charge in [-0.25, -0.2) is 4.39 Å². The Bertz CT molecular complexity index is 412. The Kier molecular flexibility index (Phi) is 3.86. The van der Waals surface area contributed by atoms with E-state index in [0.717, 1.165) is 6.07 Å². The lowest BCUT2D eigenvalue weighted by molar-refractivity contribution is -0.387. The highest BCUT2D eigenvalue weighted by Gasteiger charge is 2.25. The van der Waals surface area contributed by atoms with E-state index in [1.807, 2.05) is 0 Å². The molecule has 0 heterocycles. The molecule has 0 spiro atoms. The Balaban J connectivity index is 3.26. The molecule has 1 rings (SSSR count). The lowest BCUT2D eigenvalue weighted by Gasteiger charge is -2.11. The fraction of sp³-hybridized carbons (Fsp3) is 0.333. The number of nitro groups is 1. The third-order valence-electron chi connectivity index (χ3n) is 2.08. The van der Waals surface area contributed by atoms with Crippen LogP contribution in [-0.2, 0) is 0 Å². The number of nitrogens with zero attached hydrogens (tertiary/aromatic N) is 1. The number of rotatable bonds is 4. The molecule has 88 valence electrons. The van der Waals surface area contributed by atoms with Crippen LogP contribution in [0.1, 0.15) is 18.1 Å². The maximum Gasteiger partial charge on any atom is 0.305 e. The van der Waals surface area contributed by atoms with Crippen LogP contribution >= 0.6 is 0 Å². The molecule has 0 fully saturated rings. The van der Waals surface area contributed by atoms with E-state index in [4.69, 9.17) is 5.73 Å². The highest BCUT2D eigenvalue weighted by atomic mass is 19.1. The molecule has 0 aliphatic heterocycles. The van der Waals surface area contributed by atoms with Gasteiger partial charge >= 0.3 is 5.69 Å². The Morgan fingerprint density at radius 2 is 2.12 bits per heavy atom. The van der Waals surface area contributed by atoms with E-state index in [2.05, 4.69) is 0 Å². The van der Waals surface area contributed by atoms with E-state index >= 15 is 0 Å². The van der Waals surface area contributed by atoms with E-state index in [1.165, 1.54) is 0 Å². The maximum absolute atomic E-state index is 13.5. The number of benzene rings is 1. The number of hydrogen-bond acceptors (Lipinski definition) is 4. The fourth-order valence-electron chi connectivity index (χ4n) is 1.31. The molecule has 1 atom stereocenters. The van der Waals surface area contributed by atoms with Crippen molar-refractivity contribution in [3.05, 3.63) is 39.4 Å². The summed E-state index contributed by atoms with van der Waals surface area (Å²) in [5.74, 6) is -2.38. The number of hydrogen-bond donors (Lipinski definition) is 2. The van der Waals surface area contributed by atoms with E-state index in [-0.39, 0.29) is 13.0 Å². The molecule has 16 heavy (non-hydrogen) atoms. The molecule has 1 unspecified atom stereocenters. The second-order valence-corrected chi connectivity index (χ2v) is 3.14. The van der Waals surface area contributed by atoms with E-state index in [1.54, 1.807) is 0 Å². The van der Waals surface area contributed by atoms with Crippen LogP contribution in [0, 0.1) is 21.7 Å². The molecule has 0 saturated heterocycles. The first kappa shape index (κ1) is 12.5. The molecular weight excluding hydrogens is 222 g/mol. The van der Waals surface area contributed by atoms with Gasteiger partial charge in [0.15, 0.2) is 0 Å². The highest BCUT2D eigenvalue weighted by Crippen LogP contribution is 2.28. The molecule has 0 bridgehead atoms. The van der Waals surface area contributed by atoms with Crippen LogP contribution in [-0.4, -0.2) is 16.6 Å². The summed E-state index contributed by atoms with van der Waals surface area (Å²) in [7, 11) is 0.